The van der Waals surface area contributed by atoms with Crippen molar-refractivity contribution in [2.45, 2.75) is 452 Å². The fraction of sp³-hybridized carbons (Fsp3) is 0.762. The summed E-state index contributed by atoms with van der Waals surface area (Å²) in [5, 5.41) is 12.5. The molecule has 0 radical (unpaired) electrons. The Morgan fingerprint density at radius 2 is 0.444 bits per heavy atom. The van der Waals surface area contributed by atoms with E-state index in [1.165, 1.54) is 334 Å². The van der Waals surface area contributed by atoms with Crippen LogP contribution in [0.3, 0.4) is 0 Å². The van der Waals surface area contributed by atoms with Gasteiger partial charge in [0.2, 0.25) is 0 Å². The molecule has 0 aromatic carbocycles. The van der Waals surface area contributed by atoms with Crippen LogP contribution in [0.25, 0.3) is 46.4 Å². The molecule has 117 heavy (non-hydrogen) atoms. The van der Waals surface area contributed by atoms with Gasteiger partial charge in [-0.1, -0.05) is 413 Å². The largest absolute Gasteiger partial charge is 0.479 e. The first kappa shape index (κ1) is 101. The number of H-pyrrole nitrogens is 2. The average molecular weight is 1630 g/mol. The number of nitrogens with zero attached hydrogens (tertiary/aromatic N) is 2. The van der Waals surface area contributed by atoms with E-state index < -0.39 is 6.10 Å². The number of carbonyl (C=O) groups is 4. The minimum Gasteiger partial charge on any atom is -0.479 e. The Kier molecular flexibility index (Phi) is 60.9. The van der Waals surface area contributed by atoms with Crippen LogP contribution >= 0.6 is 0 Å². The van der Waals surface area contributed by atoms with Gasteiger partial charge in [0.1, 0.15) is 22.8 Å². The number of amides is 4. The average Bonchev–Trinajstić information content (AvgIpc) is 1.64. The molecule has 0 unspecified atom stereocenters. The third-order valence-electron chi connectivity index (χ3n) is 23.7. The zero-order valence-corrected chi connectivity index (χ0v) is 75.6. The summed E-state index contributed by atoms with van der Waals surface area (Å²) in [5.74, 6) is 0.219. The molecule has 3 aromatic heterocycles. The normalized spacial score (nSPS) is 12.0. The van der Waals surface area contributed by atoms with Gasteiger partial charge in [-0.3, -0.25) is 19.2 Å². The van der Waals surface area contributed by atoms with Crippen molar-refractivity contribution in [3.63, 3.8) is 0 Å². The van der Waals surface area contributed by atoms with E-state index in [4.69, 9.17) is 28.9 Å². The molecule has 16 nitrogen and oxygen atoms in total. The summed E-state index contributed by atoms with van der Waals surface area (Å²) < 4.78 is 26.4. The number of hydrogen-bond donors (Lipinski definition) is 6. The van der Waals surface area contributed by atoms with Gasteiger partial charge in [0.15, 0.2) is 48.9 Å². The lowest BCUT2D eigenvalue weighted by molar-refractivity contribution is -0.127. The molecule has 0 fully saturated rings. The highest BCUT2D eigenvalue weighted by Gasteiger charge is 2.23. The number of rotatable bonds is 80. The molecule has 0 saturated heterocycles. The van der Waals surface area contributed by atoms with E-state index in [0.29, 0.717) is 94.0 Å². The molecular formula is C101H172N8O8. The Bertz CT molecular complexity index is 3190. The van der Waals surface area contributed by atoms with E-state index in [-0.39, 0.29) is 43.4 Å². The molecule has 16 heteroatoms. The summed E-state index contributed by atoms with van der Waals surface area (Å²) in [6.45, 7) is 12.2. The lowest BCUT2D eigenvalue weighted by Gasteiger charge is -2.15. The molecule has 2 aliphatic heterocycles. The number of nitrogens with one attached hydrogen (secondary N) is 6. The molecule has 4 amide bonds. The van der Waals surface area contributed by atoms with Crippen molar-refractivity contribution < 1.29 is 38.1 Å². The number of hydrogen-bond acceptors (Lipinski definition) is 10. The van der Waals surface area contributed by atoms with Crippen LogP contribution in [0.15, 0.2) is 24.3 Å². The van der Waals surface area contributed by atoms with E-state index in [2.05, 4.69) is 58.9 Å². The maximum absolute atomic E-state index is 14.1. The third kappa shape index (κ3) is 49.3. The van der Waals surface area contributed by atoms with Gasteiger partial charge in [-0.05, 0) is 81.2 Å². The number of ether oxygens (including phenoxy) is 4. The lowest BCUT2D eigenvalue weighted by Crippen LogP contribution is -2.37. The fourth-order valence-corrected chi connectivity index (χ4v) is 16.2. The number of fused-ring (bicyclic) bond motifs is 8. The van der Waals surface area contributed by atoms with Gasteiger partial charge in [-0.2, -0.15) is 0 Å². The van der Waals surface area contributed by atoms with E-state index in [1.54, 1.807) is 6.92 Å². The van der Waals surface area contributed by atoms with E-state index in [9.17, 15) is 19.2 Å². The van der Waals surface area contributed by atoms with Crippen molar-refractivity contribution in [1.29, 1.82) is 0 Å². The van der Waals surface area contributed by atoms with Crippen LogP contribution in [0.4, 0.5) is 0 Å². The molecule has 6 N–H and O–H groups in total. The standard InChI is InChI=1S/C101H172N8O8/c1-6-10-14-18-22-26-30-34-38-42-46-50-54-58-62-66-78-102-94(110)82-114-97-86-70-72-88(106-86)98(115-83-95(111)103-79-67-63-59-55-51-47-43-39-35-31-27-23-19-15-11-7-2)90-74-76-92(108-90)100(117-85(5)101(113)105-81-69-65-61-57-53-49-45-41-37-33-29-25-21-17-13-9-4)93-77-75-91(109-93)99(89-73-71-87(97)107-89)116-84-96(112)104-80-68-64-60-56-52-48-44-40-36-32-28-24-20-16-12-8-3/h70-77,85,106,109H,6-69,78-84H2,1-5H3,(H,102,110)(H,103,111)(H,104,112)(H,105,113)/t85-/m0/s1. The van der Waals surface area contributed by atoms with Gasteiger partial charge in [0, 0.05) is 26.2 Å². The molecule has 0 aliphatic carbocycles. The summed E-state index contributed by atoms with van der Waals surface area (Å²) >= 11 is 0. The van der Waals surface area contributed by atoms with Crippen LogP contribution in [0, 0.1) is 0 Å². The second-order valence-corrected chi connectivity index (χ2v) is 34.5. The molecule has 0 saturated carbocycles. The molecule has 8 bridgehead atoms. The summed E-state index contributed by atoms with van der Waals surface area (Å²) in [4.78, 5) is 72.7. The van der Waals surface area contributed by atoms with Crippen molar-refractivity contribution in [2.24, 2.45) is 0 Å². The zero-order chi connectivity index (χ0) is 83.2. The predicted octanol–water partition coefficient (Wildman–Crippen LogP) is 28.1. The summed E-state index contributed by atoms with van der Waals surface area (Å²) in [6.07, 6.45) is 88.4. The Labute approximate surface area is 713 Å². The number of aromatic nitrogens is 4. The minimum atomic E-state index is -0.922. The molecule has 1 atom stereocenters. The van der Waals surface area contributed by atoms with Crippen LogP contribution in [0.1, 0.15) is 468 Å². The second-order valence-electron chi connectivity index (χ2n) is 34.5. The van der Waals surface area contributed by atoms with E-state index in [1.807, 2.05) is 48.6 Å². The van der Waals surface area contributed by atoms with Crippen molar-refractivity contribution in [3.8, 4) is 23.0 Å². The topological polar surface area (TPSA) is 211 Å². The summed E-state index contributed by atoms with van der Waals surface area (Å²) in [5.41, 5.74) is 3.65. The molecule has 0 spiro atoms. The van der Waals surface area contributed by atoms with Gasteiger partial charge >= 0.3 is 0 Å². The molecule has 2 aliphatic rings. The maximum atomic E-state index is 14.1. The molecule has 5 rings (SSSR count). The molecule has 3 aromatic rings. The monoisotopic (exact) mass is 1630 g/mol. The third-order valence-corrected chi connectivity index (χ3v) is 23.7. The lowest BCUT2D eigenvalue weighted by atomic mass is 10.0. The first-order valence-corrected chi connectivity index (χ1v) is 49.4. The number of unbranched alkanes of at least 4 members (excludes halogenated alkanes) is 60. The van der Waals surface area contributed by atoms with E-state index >= 15 is 0 Å². The van der Waals surface area contributed by atoms with Gasteiger partial charge in [0.25, 0.3) is 23.6 Å². The van der Waals surface area contributed by atoms with Crippen molar-refractivity contribution in [3.05, 3.63) is 47.0 Å². The van der Waals surface area contributed by atoms with Crippen LogP contribution in [-0.4, -0.2) is 95.7 Å². The predicted molar refractivity (Wildman–Crippen MR) is 496 cm³/mol. The van der Waals surface area contributed by atoms with Crippen LogP contribution < -0.4 is 40.2 Å². The highest BCUT2D eigenvalue weighted by molar-refractivity contribution is 5.89. The molecular weight excluding hydrogens is 1450 g/mol. The first-order valence-electron chi connectivity index (χ1n) is 49.4. The Balaban J connectivity index is 1.31. The number of carbonyl (C=O) groups excluding carboxylic acids is 4. The Hall–Kier alpha value is -6.32. The second kappa shape index (κ2) is 70.4. The van der Waals surface area contributed by atoms with Crippen LogP contribution in [0.2, 0.25) is 0 Å². The SMILES string of the molecule is CCCCCCCCCCCCCCCCCCNC(=O)COc1c2nc(c(OCC(=O)NCCCCCCCCCCCCCCCCCC)c3ccc([nH]3)c(O[C@@H](C)C(=O)NCCCCCCCCCCCCCCCCCC)c3nc(c(OCC(=O)NCCCCCCCCCCCCCCCCCC)c4ccc1[nH]4)C=C3)C=C2. The van der Waals surface area contributed by atoms with Gasteiger partial charge in [-0.15, -0.1) is 0 Å². The zero-order valence-electron chi connectivity index (χ0n) is 75.6. The Morgan fingerprint density at radius 3 is 0.658 bits per heavy atom. The quantitative estimate of drug-likeness (QED) is 0.0203. The summed E-state index contributed by atoms with van der Waals surface area (Å²) in [7, 11) is 0. The fourth-order valence-electron chi connectivity index (χ4n) is 16.2. The van der Waals surface area contributed by atoms with Gasteiger partial charge in [-0.25, -0.2) is 9.97 Å². The van der Waals surface area contributed by atoms with Crippen molar-refractivity contribution in [1.82, 2.24) is 41.2 Å². The van der Waals surface area contributed by atoms with Gasteiger partial charge in [0.05, 0.1) is 22.1 Å². The summed E-state index contributed by atoms with van der Waals surface area (Å²) in [6, 6.07) is 7.39. The van der Waals surface area contributed by atoms with Crippen LogP contribution in [-0.2, 0) is 19.2 Å². The highest BCUT2D eigenvalue weighted by atomic mass is 16.5. The Morgan fingerprint density at radius 1 is 0.265 bits per heavy atom. The van der Waals surface area contributed by atoms with Crippen molar-refractivity contribution >= 4 is 70.0 Å². The minimum absolute atomic E-state index is 0.244. The van der Waals surface area contributed by atoms with Crippen LogP contribution in [0.5, 0.6) is 23.0 Å². The van der Waals surface area contributed by atoms with E-state index in [0.717, 1.165) is 77.0 Å². The molecule has 664 valence electrons. The smallest absolute Gasteiger partial charge is 0.260 e. The first-order chi connectivity index (χ1) is 57.6. The number of aromatic amines is 2. The maximum Gasteiger partial charge on any atom is 0.260 e. The van der Waals surface area contributed by atoms with Gasteiger partial charge < -0.3 is 50.2 Å². The van der Waals surface area contributed by atoms with Crippen molar-refractivity contribution in [2.75, 3.05) is 46.0 Å². The molecule has 5 heterocycles. The highest BCUT2D eigenvalue weighted by Crippen LogP contribution is 2.37.